The molecule has 0 unspecified atom stereocenters. The number of nitrogens with one attached hydrogen (secondary N) is 1. The van der Waals surface area contributed by atoms with Gasteiger partial charge in [0.05, 0.1) is 24.7 Å². The van der Waals surface area contributed by atoms with Crippen molar-refractivity contribution in [3.05, 3.63) is 58.8 Å². The Balaban J connectivity index is 1.84. The number of rotatable bonds is 5. The molecule has 1 saturated heterocycles. The topological polar surface area (TPSA) is 80.8 Å². The zero-order valence-corrected chi connectivity index (χ0v) is 16.1. The Morgan fingerprint density at radius 3 is 2.78 bits per heavy atom. The number of hydrazine groups is 1. The fourth-order valence-corrected chi connectivity index (χ4v) is 3.49. The maximum Gasteiger partial charge on any atom is 0.285 e. The molecule has 1 N–H and O–H groups in total. The molecule has 0 saturated carbocycles. The largest absolute Gasteiger partial charge is 0.497 e. The zero-order chi connectivity index (χ0) is 19.4. The number of pyridine rings is 1. The van der Waals surface area contributed by atoms with Crippen LogP contribution in [-0.4, -0.2) is 40.3 Å². The average Bonchev–Trinajstić information content (AvgIpc) is 2.95. The lowest BCUT2D eigenvalue weighted by Crippen LogP contribution is -2.44. The van der Waals surface area contributed by atoms with Gasteiger partial charge in [0.25, 0.3) is 11.8 Å². The Labute approximate surface area is 165 Å². The number of ether oxygens (including phenoxy) is 2. The van der Waals surface area contributed by atoms with Gasteiger partial charge >= 0.3 is 0 Å². The molecule has 1 aliphatic rings. The van der Waals surface area contributed by atoms with Crippen molar-refractivity contribution in [2.75, 3.05) is 14.2 Å². The second kappa shape index (κ2) is 8.19. The molecule has 0 atom stereocenters. The summed E-state index contributed by atoms with van der Waals surface area (Å²) in [5.74, 6) is 0.314. The number of benzene rings is 1. The van der Waals surface area contributed by atoms with Crippen molar-refractivity contribution >= 4 is 46.2 Å². The molecule has 1 fully saturated rings. The molecule has 2 heterocycles. The van der Waals surface area contributed by atoms with E-state index in [2.05, 4.69) is 10.4 Å². The number of carbonyl (C=O) groups excluding carboxylic acids is 2. The molecule has 9 heteroatoms. The van der Waals surface area contributed by atoms with Crippen LogP contribution in [0.5, 0.6) is 11.5 Å². The van der Waals surface area contributed by atoms with Gasteiger partial charge in [-0.1, -0.05) is 11.8 Å². The van der Waals surface area contributed by atoms with E-state index in [-0.39, 0.29) is 4.32 Å². The van der Waals surface area contributed by atoms with E-state index in [1.54, 1.807) is 56.8 Å². The van der Waals surface area contributed by atoms with Crippen LogP contribution >= 0.6 is 24.0 Å². The summed E-state index contributed by atoms with van der Waals surface area (Å²) in [4.78, 5) is 29.2. The Bertz CT molecular complexity index is 931. The highest BCUT2D eigenvalue weighted by Crippen LogP contribution is 2.34. The minimum atomic E-state index is -0.473. The van der Waals surface area contributed by atoms with Gasteiger partial charge in [-0.05, 0) is 48.6 Å². The number of hydrogen-bond acceptors (Lipinski definition) is 7. The predicted octanol–water partition coefficient (Wildman–Crippen LogP) is 2.65. The molecule has 1 aromatic heterocycles. The minimum Gasteiger partial charge on any atom is -0.497 e. The summed E-state index contributed by atoms with van der Waals surface area (Å²) in [7, 11) is 3.09. The van der Waals surface area contributed by atoms with Crippen LogP contribution in [0.3, 0.4) is 0 Å². The molecule has 1 aromatic carbocycles. The first-order valence-electron chi connectivity index (χ1n) is 7.74. The van der Waals surface area contributed by atoms with Crippen molar-refractivity contribution in [2.24, 2.45) is 0 Å². The van der Waals surface area contributed by atoms with Crippen LogP contribution in [0.2, 0.25) is 0 Å². The molecule has 2 amide bonds. The first-order valence-corrected chi connectivity index (χ1v) is 8.97. The lowest BCUT2D eigenvalue weighted by atomic mass is 10.1. The first kappa shape index (κ1) is 18.9. The van der Waals surface area contributed by atoms with Gasteiger partial charge in [-0.3, -0.25) is 20.0 Å². The first-order chi connectivity index (χ1) is 13.0. The van der Waals surface area contributed by atoms with Crippen molar-refractivity contribution in [1.82, 2.24) is 15.4 Å². The predicted molar refractivity (Wildman–Crippen MR) is 106 cm³/mol. The van der Waals surface area contributed by atoms with Crippen molar-refractivity contribution in [3.8, 4) is 11.5 Å². The monoisotopic (exact) mass is 401 g/mol. The van der Waals surface area contributed by atoms with E-state index in [0.29, 0.717) is 27.5 Å². The van der Waals surface area contributed by atoms with Gasteiger partial charge in [-0.15, -0.1) is 0 Å². The Morgan fingerprint density at radius 1 is 1.30 bits per heavy atom. The molecule has 2 aromatic rings. The number of aromatic nitrogens is 1. The number of carbonyl (C=O) groups is 2. The summed E-state index contributed by atoms with van der Waals surface area (Å²) in [6, 6.07) is 8.48. The Morgan fingerprint density at radius 2 is 2.11 bits per heavy atom. The number of nitrogens with zero attached hydrogens (tertiary/aromatic N) is 2. The van der Waals surface area contributed by atoms with Gasteiger partial charge in [0, 0.05) is 18.0 Å². The molecule has 3 rings (SSSR count). The molecule has 27 heavy (non-hydrogen) atoms. The van der Waals surface area contributed by atoms with Crippen LogP contribution in [0.4, 0.5) is 0 Å². The molecular formula is C18H15N3O4S2. The molecule has 138 valence electrons. The number of hydrogen-bond donors (Lipinski definition) is 1. The molecular weight excluding hydrogens is 386 g/mol. The van der Waals surface area contributed by atoms with Gasteiger partial charge in [0.2, 0.25) is 0 Å². The van der Waals surface area contributed by atoms with E-state index in [1.165, 1.54) is 6.20 Å². The van der Waals surface area contributed by atoms with Crippen molar-refractivity contribution in [3.63, 3.8) is 0 Å². The third-order valence-electron chi connectivity index (χ3n) is 3.65. The van der Waals surface area contributed by atoms with Crippen molar-refractivity contribution in [1.29, 1.82) is 0 Å². The van der Waals surface area contributed by atoms with E-state index >= 15 is 0 Å². The normalized spacial score (nSPS) is 15.2. The van der Waals surface area contributed by atoms with Gasteiger partial charge in [-0.25, -0.2) is 0 Å². The van der Waals surface area contributed by atoms with Crippen molar-refractivity contribution in [2.45, 2.75) is 0 Å². The summed E-state index contributed by atoms with van der Waals surface area (Å²) in [5, 5.41) is 1.05. The van der Waals surface area contributed by atoms with Gasteiger partial charge in [0.1, 0.15) is 11.5 Å². The number of methoxy groups -OCH3 is 2. The lowest BCUT2D eigenvalue weighted by Gasteiger charge is -2.15. The number of amides is 2. The average molecular weight is 401 g/mol. The lowest BCUT2D eigenvalue weighted by molar-refractivity contribution is -0.123. The summed E-state index contributed by atoms with van der Waals surface area (Å²) in [6.45, 7) is 0. The van der Waals surface area contributed by atoms with E-state index in [1.807, 2.05) is 0 Å². The molecule has 0 bridgehead atoms. The highest BCUT2D eigenvalue weighted by atomic mass is 32.2. The van der Waals surface area contributed by atoms with Gasteiger partial charge in [-0.2, -0.15) is 5.01 Å². The number of thiocarbonyl (C=S) groups is 1. The fourth-order valence-electron chi connectivity index (χ4n) is 2.32. The van der Waals surface area contributed by atoms with Crippen molar-refractivity contribution < 1.29 is 19.1 Å². The number of thioether (sulfide) groups is 1. The second-order valence-corrected chi connectivity index (χ2v) is 6.98. The van der Waals surface area contributed by atoms with Crippen LogP contribution < -0.4 is 14.9 Å². The second-order valence-electron chi connectivity index (χ2n) is 5.31. The Kier molecular flexibility index (Phi) is 5.72. The van der Waals surface area contributed by atoms with E-state index in [4.69, 9.17) is 21.7 Å². The van der Waals surface area contributed by atoms with E-state index in [0.717, 1.165) is 16.8 Å². The molecule has 7 nitrogen and oxygen atoms in total. The van der Waals surface area contributed by atoms with E-state index < -0.39 is 11.8 Å². The van der Waals surface area contributed by atoms with Gasteiger partial charge < -0.3 is 9.47 Å². The third-order valence-corrected chi connectivity index (χ3v) is 4.96. The van der Waals surface area contributed by atoms with Crippen LogP contribution in [0.1, 0.15) is 15.9 Å². The fraction of sp³-hybridized carbons (Fsp3) is 0.111. The molecule has 1 aliphatic heterocycles. The van der Waals surface area contributed by atoms with E-state index in [9.17, 15) is 9.59 Å². The zero-order valence-electron chi connectivity index (χ0n) is 14.5. The smallest absolute Gasteiger partial charge is 0.285 e. The highest BCUT2D eigenvalue weighted by molar-refractivity contribution is 8.26. The quantitative estimate of drug-likeness (QED) is 0.609. The molecule has 0 radical (unpaired) electrons. The third kappa shape index (κ3) is 4.09. The Hall–Kier alpha value is -2.91. The molecule has 0 aliphatic carbocycles. The van der Waals surface area contributed by atoms with Crippen LogP contribution in [-0.2, 0) is 4.79 Å². The van der Waals surface area contributed by atoms with Crippen LogP contribution in [0.15, 0.2) is 47.6 Å². The van der Waals surface area contributed by atoms with Gasteiger partial charge in [0.15, 0.2) is 4.32 Å². The van der Waals surface area contributed by atoms with Crippen LogP contribution in [0.25, 0.3) is 6.08 Å². The highest BCUT2D eigenvalue weighted by Gasteiger charge is 2.34. The standard InChI is InChI=1S/C18H15N3O4S2/c1-24-13-5-6-14(25-2)12(8-13)9-15-17(23)21(18(26)27-15)20-16(22)11-4-3-7-19-10-11/h3-10H,1-2H3,(H,20,22). The summed E-state index contributed by atoms with van der Waals surface area (Å²) in [5.41, 5.74) is 3.49. The van der Waals surface area contributed by atoms with Crippen LogP contribution in [0, 0.1) is 0 Å². The summed E-state index contributed by atoms with van der Waals surface area (Å²) in [6.07, 6.45) is 4.61. The minimum absolute atomic E-state index is 0.227. The summed E-state index contributed by atoms with van der Waals surface area (Å²) >= 11 is 6.32. The maximum atomic E-state index is 12.7. The SMILES string of the molecule is COc1ccc(OC)c(C=C2SC(=S)N(NC(=O)c3cccnc3)C2=O)c1. The summed E-state index contributed by atoms with van der Waals surface area (Å²) < 4.78 is 10.8. The molecule has 0 spiro atoms. The maximum absolute atomic E-state index is 12.7.